The van der Waals surface area contributed by atoms with Gasteiger partial charge >= 0.3 is 0 Å². The number of allylic oxidation sites excluding steroid dienone is 6. The number of benzene rings is 2. The highest BCUT2D eigenvalue weighted by Crippen LogP contribution is 2.28. The van der Waals surface area contributed by atoms with Crippen LogP contribution in [0.1, 0.15) is 24.5 Å². The fourth-order valence-electron chi connectivity index (χ4n) is 2.86. The molecule has 2 aromatic carbocycles. The van der Waals surface area contributed by atoms with Crippen molar-refractivity contribution in [2.75, 3.05) is 0 Å². The van der Waals surface area contributed by atoms with Crippen LogP contribution in [0.15, 0.2) is 84.5 Å². The molecule has 0 fully saturated rings. The zero-order chi connectivity index (χ0) is 15.5. The van der Waals surface area contributed by atoms with E-state index in [1.54, 1.807) is 0 Å². The van der Waals surface area contributed by atoms with Crippen LogP contribution in [0, 0.1) is 0 Å². The molecule has 0 atom stereocenters. The van der Waals surface area contributed by atoms with E-state index in [9.17, 15) is 0 Å². The van der Waals surface area contributed by atoms with Gasteiger partial charge in [0, 0.05) is 0 Å². The third-order valence-corrected chi connectivity index (χ3v) is 4.08. The van der Waals surface area contributed by atoms with E-state index >= 15 is 0 Å². The molecule has 3 rings (SSSR count). The van der Waals surface area contributed by atoms with Crippen molar-refractivity contribution in [3.63, 3.8) is 0 Å². The molecule has 0 unspecified atom stereocenters. The molecule has 22 heavy (non-hydrogen) atoms. The standard InChI is InChI=1S/C22H20/c1-4-18-12-13-19-9-5-6-11-21(19)22(18)15-17(3)20-10-7-8-16(2)14-20/h4-7,9-15H,1-2,8H2,3H3/b17-15+. The Balaban J connectivity index is 2.17. The Bertz CT molecular complexity index is 841. The maximum absolute atomic E-state index is 4.07. The van der Waals surface area contributed by atoms with E-state index < -0.39 is 0 Å². The molecule has 2 aromatic rings. The number of fused-ring (bicyclic) bond motifs is 1. The third-order valence-electron chi connectivity index (χ3n) is 4.08. The summed E-state index contributed by atoms with van der Waals surface area (Å²) >= 11 is 0. The van der Waals surface area contributed by atoms with Crippen molar-refractivity contribution < 1.29 is 0 Å². The van der Waals surface area contributed by atoms with E-state index in [-0.39, 0.29) is 0 Å². The van der Waals surface area contributed by atoms with Crippen molar-refractivity contribution >= 4 is 22.9 Å². The SMILES string of the molecule is C=Cc1ccc2ccccc2c1/C=C(\C)C1=CC(=C)CC=C1. The molecule has 0 nitrogen and oxygen atoms in total. The molecule has 0 bridgehead atoms. The lowest BCUT2D eigenvalue weighted by Gasteiger charge is -2.12. The highest BCUT2D eigenvalue weighted by molar-refractivity contribution is 5.94. The van der Waals surface area contributed by atoms with Crippen LogP contribution in [-0.2, 0) is 0 Å². The molecule has 108 valence electrons. The van der Waals surface area contributed by atoms with Crippen LogP contribution in [0.2, 0.25) is 0 Å². The Morgan fingerprint density at radius 2 is 1.95 bits per heavy atom. The Morgan fingerprint density at radius 3 is 2.73 bits per heavy atom. The van der Waals surface area contributed by atoms with E-state index in [0.717, 1.165) is 17.6 Å². The van der Waals surface area contributed by atoms with Gasteiger partial charge in [-0.1, -0.05) is 85.5 Å². The average Bonchev–Trinajstić information content (AvgIpc) is 2.55. The summed E-state index contributed by atoms with van der Waals surface area (Å²) in [6.07, 6.45) is 11.7. The monoisotopic (exact) mass is 284 g/mol. The van der Waals surface area contributed by atoms with Crippen molar-refractivity contribution in [3.8, 4) is 0 Å². The van der Waals surface area contributed by atoms with Gasteiger partial charge in [-0.2, -0.15) is 0 Å². The number of hydrogen-bond donors (Lipinski definition) is 0. The van der Waals surface area contributed by atoms with Gasteiger partial charge in [0.1, 0.15) is 0 Å². The summed E-state index contributed by atoms with van der Waals surface area (Å²) < 4.78 is 0. The predicted octanol–water partition coefficient (Wildman–Crippen LogP) is 6.33. The molecule has 0 heteroatoms. The number of hydrogen-bond acceptors (Lipinski definition) is 0. The van der Waals surface area contributed by atoms with Gasteiger partial charge in [-0.25, -0.2) is 0 Å². The van der Waals surface area contributed by atoms with Gasteiger partial charge in [-0.3, -0.25) is 0 Å². The van der Waals surface area contributed by atoms with Crippen LogP contribution >= 0.6 is 0 Å². The highest BCUT2D eigenvalue weighted by atomic mass is 14.1. The molecular weight excluding hydrogens is 264 g/mol. The minimum absolute atomic E-state index is 0.947. The lowest BCUT2D eigenvalue weighted by atomic mass is 9.93. The Labute approximate surface area is 132 Å². The maximum atomic E-state index is 4.07. The molecule has 1 aliphatic rings. The van der Waals surface area contributed by atoms with Crippen LogP contribution in [0.25, 0.3) is 22.9 Å². The molecule has 0 radical (unpaired) electrons. The lowest BCUT2D eigenvalue weighted by Crippen LogP contribution is -1.91. The second-order valence-corrected chi connectivity index (χ2v) is 5.69. The van der Waals surface area contributed by atoms with Gasteiger partial charge in [-0.15, -0.1) is 0 Å². The molecule has 0 N–H and O–H groups in total. The molecule has 0 heterocycles. The normalized spacial score (nSPS) is 15.0. The summed E-state index contributed by atoms with van der Waals surface area (Å²) in [5.74, 6) is 0. The number of rotatable bonds is 3. The Kier molecular flexibility index (Phi) is 3.93. The molecule has 0 saturated heterocycles. The second-order valence-electron chi connectivity index (χ2n) is 5.69. The summed E-state index contributed by atoms with van der Waals surface area (Å²) in [6, 6.07) is 12.8. The minimum Gasteiger partial charge on any atom is -0.0984 e. The fourth-order valence-corrected chi connectivity index (χ4v) is 2.86. The summed E-state index contributed by atoms with van der Waals surface area (Å²) in [5.41, 5.74) is 6.04. The molecule has 0 saturated carbocycles. The van der Waals surface area contributed by atoms with Crippen LogP contribution in [-0.4, -0.2) is 0 Å². The molecular formula is C22H20. The fraction of sp³-hybridized carbons (Fsp3) is 0.0909. The van der Waals surface area contributed by atoms with E-state index in [2.05, 4.69) is 80.8 Å². The molecule has 0 spiro atoms. The van der Waals surface area contributed by atoms with Crippen molar-refractivity contribution in [2.24, 2.45) is 0 Å². The van der Waals surface area contributed by atoms with Gasteiger partial charge in [-0.05, 0) is 46.4 Å². The van der Waals surface area contributed by atoms with E-state index in [1.807, 2.05) is 6.08 Å². The smallest absolute Gasteiger partial charge is 0.00998 e. The Morgan fingerprint density at radius 1 is 1.14 bits per heavy atom. The predicted molar refractivity (Wildman–Crippen MR) is 98.7 cm³/mol. The van der Waals surface area contributed by atoms with E-state index in [0.29, 0.717) is 0 Å². The van der Waals surface area contributed by atoms with E-state index in [1.165, 1.54) is 27.5 Å². The summed E-state index contributed by atoms with van der Waals surface area (Å²) in [5, 5.41) is 2.52. The van der Waals surface area contributed by atoms with Crippen LogP contribution < -0.4 is 0 Å². The minimum atomic E-state index is 0.947. The first-order valence-electron chi connectivity index (χ1n) is 7.58. The van der Waals surface area contributed by atoms with Crippen molar-refractivity contribution in [1.82, 2.24) is 0 Å². The first kappa shape index (κ1) is 14.3. The summed E-state index contributed by atoms with van der Waals surface area (Å²) in [4.78, 5) is 0. The van der Waals surface area contributed by atoms with Crippen molar-refractivity contribution in [1.29, 1.82) is 0 Å². The zero-order valence-corrected chi connectivity index (χ0v) is 13.0. The van der Waals surface area contributed by atoms with Gasteiger partial charge in [0.2, 0.25) is 0 Å². The summed E-state index contributed by atoms with van der Waals surface area (Å²) in [6.45, 7) is 10.2. The van der Waals surface area contributed by atoms with Crippen LogP contribution in [0.3, 0.4) is 0 Å². The Hall–Kier alpha value is -2.60. The average molecular weight is 284 g/mol. The lowest BCUT2D eigenvalue weighted by molar-refractivity contribution is 1.24. The third kappa shape index (κ3) is 2.73. The van der Waals surface area contributed by atoms with Gasteiger partial charge in [0.15, 0.2) is 0 Å². The topological polar surface area (TPSA) is 0 Å². The first-order chi connectivity index (χ1) is 10.7. The molecule has 1 aliphatic carbocycles. The van der Waals surface area contributed by atoms with Gasteiger partial charge < -0.3 is 0 Å². The quantitative estimate of drug-likeness (QED) is 0.618. The highest BCUT2D eigenvalue weighted by Gasteiger charge is 2.06. The van der Waals surface area contributed by atoms with Gasteiger partial charge in [0.25, 0.3) is 0 Å². The van der Waals surface area contributed by atoms with Crippen molar-refractivity contribution in [3.05, 3.63) is 95.6 Å². The van der Waals surface area contributed by atoms with Crippen LogP contribution in [0.5, 0.6) is 0 Å². The first-order valence-corrected chi connectivity index (χ1v) is 7.58. The molecule has 0 aliphatic heterocycles. The molecule has 0 aromatic heterocycles. The largest absolute Gasteiger partial charge is 0.0984 e. The molecule has 0 amide bonds. The van der Waals surface area contributed by atoms with Crippen LogP contribution in [0.4, 0.5) is 0 Å². The zero-order valence-electron chi connectivity index (χ0n) is 13.0. The summed E-state index contributed by atoms with van der Waals surface area (Å²) in [7, 11) is 0. The second kappa shape index (κ2) is 6.03. The van der Waals surface area contributed by atoms with Gasteiger partial charge in [0.05, 0.1) is 0 Å². The van der Waals surface area contributed by atoms with Crippen molar-refractivity contribution in [2.45, 2.75) is 13.3 Å². The van der Waals surface area contributed by atoms with E-state index in [4.69, 9.17) is 0 Å². The maximum Gasteiger partial charge on any atom is -0.00998 e.